The van der Waals surface area contributed by atoms with Crippen molar-refractivity contribution in [3.63, 3.8) is 0 Å². The van der Waals surface area contributed by atoms with Gasteiger partial charge < -0.3 is 15.6 Å². The van der Waals surface area contributed by atoms with Gasteiger partial charge in [-0.05, 0) is 31.5 Å². The first-order valence-electron chi connectivity index (χ1n) is 5.17. The van der Waals surface area contributed by atoms with Crippen LogP contribution < -0.4 is 10.5 Å². The summed E-state index contributed by atoms with van der Waals surface area (Å²) in [6.07, 6.45) is -4.41. The summed E-state index contributed by atoms with van der Waals surface area (Å²) in [6.45, 7) is 5.40. The van der Waals surface area contributed by atoms with Crippen LogP contribution in [0.5, 0.6) is 11.5 Å². The minimum absolute atomic E-state index is 0. The molecule has 0 aliphatic rings. The van der Waals surface area contributed by atoms with Gasteiger partial charge in [-0.25, -0.2) is 0 Å². The molecule has 3 N–H and O–H groups in total. The Morgan fingerprint density at radius 1 is 1.47 bits per heavy atom. The predicted molar refractivity (Wildman–Crippen MR) is 68.4 cm³/mol. The lowest BCUT2D eigenvalue weighted by Gasteiger charge is -2.16. The number of alkyl halides is 3. The van der Waals surface area contributed by atoms with Gasteiger partial charge in [0.1, 0.15) is 11.5 Å². The van der Waals surface area contributed by atoms with Gasteiger partial charge in [0, 0.05) is 11.6 Å². The Kier molecular flexibility index (Phi) is 6.18. The van der Waals surface area contributed by atoms with E-state index in [9.17, 15) is 18.3 Å². The van der Waals surface area contributed by atoms with Crippen molar-refractivity contribution >= 4 is 12.4 Å². The standard InChI is InChI=1S/C12H14F3NO2.ClH/c1-7(2)5-10(16)9-6-8(3-4-11(9)17)18-12(13,14)15;/h3-4,6,10,17H,1,5,16H2,2H3;1H/t10-;/m0./s1. The van der Waals surface area contributed by atoms with Gasteiger partial charge in [0.25, 0.3) is 0 Å². The maximum Gasteiger partial charge on any atom is 0.573 e. The number of rotatable bonds is 4. The van der Waals surface area contributed by atoms with E-state index in [0.29, 0.717) is 6.42 Å². The predicted octanol–water partition coefficient (Wildman–Crippen LogP) is 3.68. The summed E-state index contributed by atoms with van der Waals surface area (Å²) in [7, 11) is 0. The highest BCUT2D eigenvalue weighted by atomic mass is 35.5. The smallest absolute Gasteiger partial charge is 0.508 e. The van der Waals surface area contributed by atoms with Crippen LogP contribution >= 0.6 is 12.4 Å². The summed E-state index contributed by atoms with van der Waals surface area (Å²) >= 11 is 0. The molecule has 0 amide bonds. The minimum Gasteiger partial charge on any atom is -0.508 e. The summed E-state index contributed by atoms with van der Waals surface area (Å²) in [4.78, 5) is 0. The molecule has 0 aromatic heterocycles. The second-order valence-electron chi connectivity index (χ2n) is 4.04. The van der Waals surface area contributed by atoms with Crippen LogP contribution in [0.15, 0.2) is 30.4 Å². The maximum atomic E-state index is 12.1. The van der Waals surface area contributed by atoms with E-state index < -0.39 is 18.2 Å². The molecular weight excluding hydrogens is 283 g/mol. The second-order valence-corrected chi connectivity index (χ2v) is 4.04. The molecule has 0 saturated heterocycles. The van der Waals surface area contributed by atoms with E-state index in [1.165, 1.54) is 0 Å². The van der Waals surface area contributed by atoms with Crippen molar-refractivity contribution < 1.29 is 23.0 Å². The summed E-state index contributed by atoms with van der Waals surface area (Å²) < 4.78 is 39.9. The van der Waals surface area contributed by atoms with Crippen LogP contribution in [0, 0.1) is 0 Å². The van der Waals surface area contributed by atoms with Crippen molar-refractivity contribution in [2.24, 2.45) is 5.73 Å². The van der Waals surface area contributed by atoms with E-state index in [1.54, 1.807) is 6.92 Å². The second kappa shape index (κ2) is 6.68. The van der Waals surface area contributed by atoms with Crippen molar-refractivity contribution in [1.29, 1.82) is 0 Å². The Morgan fingerprint density at radius 2 is 2.05 bits per heavy atom. The van der Waals surface area contributed by atoms with Gasteiger partial charge in [0.05, 0.1) is 0 Å². The lowest BCUT2D eigenvalue weighted by molar-refractivity contribution is -0.274. The number of nitrogens with two attached hydrogens (primary N) is 1. The Labute approximate surface area is 115 Å². The van der Waals surface area contributed by atoms with Crippen LogP contribution in [-0.4, -0.2) is 11.5 Å². The average molecular weight is 298 g/mol. The lowest BCUT2D eigenvalue weighted by Crippen LogP contribution is -2.18. The topological polar surface area (TPSA) is 55.5 Å². The lowest BCUT2D eigenvalue weighted by atomic mass is 10.00. The molecule has 0 fully saturated rings. The van der Waals surface area contributed by atoms with Gasteiger partial charge in [-0.1, -0.05) is 5.57 Å². The third-order valence-electron chi connectivity index (χ3n) is 2.20. The molecule has 7 heteroatoms. The summed E-state index contributed by atoms with van der Waals surface area (Å²) in [5, 5.41) is 9.57. The number of phenolic OH excluding ortho intramolecular Hbond substituents is 1. The number of benzene rings is 1. The first-order valence-corrected chi connectivity index (χ1v) is 5.17. The van der Waals surface area contributed by atoms with Crippen LogP contribution in [0.3, 0.4) is 0 Å². The van der Waals surface area contributed by atoms with E-state index in [2.05, 4.69) is 11.3 Å². The van der Waals surface area contributed by atoms with Gasteiger partial charge >= 0.3 is 6.36 Å². The Bertz CT molecular complexity index is 449. The number of hydrogen-bond acceptors (Lipinski definition) is 3. The molecule has 1 aromatic rings. The molecule has 1 atom stereocenters. The first kappa shape index (κ1) is 17.6. The Balaban J connectivity index is 0.00000324. The van der Waals surface area contributed by atoms with E-state index in [1.807, 2.05) is 0 Å². The van der Waals surface area contributed by atoms with E-state index in [4.69, 9.17) is 5.73 Å². The average Bonchev–Trinajstić information content (AvgIpc) is 2.17. The zero-order valence-corrected chi connectivity index (χ0v) is 11.0. The van der Waals surface area contributed by atoms with Crippen molar-refractivity contribution in [3.05, 3.63) is 35.9 Å². The van der Waals surface area contributed by atoms with Gasteiger partial charge in [-0.15, -0.1) is 32.2 Å². The Morgan fingerprint density at radius 3 is 2.53 bits per heavy atom. The summed E-state index contributed by atoms with van der Waals surface area (Å²) in [5.74, 6) is -0.578. The molecule has 1 rings (SSSR count). The highest BCUT2D eigenvalue weighted by Crippen LogP contribution is 2.32. The molecule has 1 aromatic carbocycles. The number of ether oxygens (including phenoxy) is 1. The van der Waals surface area contributed by atoms with Gasteiger partial charge in [-0.3, -0.25) is 0 Å². The molecule has 19 heavy (non-hydrogen) atoms. The maximum absolute atomic E-state index is 12.1. The van der Waals surface area contributed by atoms with Gasteiger partial charge in [0.2, 0.25) is 0 Å². The minimum atomic E-state index is -4.77. The highest BCUT2D eigenvalue weighted by Gasteiger charge is 2.31. The number of phenols is 1. The Hall–Kier alpha value is -1.40. The van der Waals surface area contributed by atoms with Gasteiger partial charge in [-0.2, -0.15) is 0 Å². The summed E-state index contributed by atoms with van der Waals surface area (Å²) in [5.41, 5.74) is 6.73. The highest BCUT2D eigenvalue weighted by molar-refractivity contribution is 5.85. The van der Waals surface area contributed by atoms with Crippen molar-refractivity contribution in [2.45, 2.75) is 25.7 Å². The van der Waals surface area contributed by atoms with Crippen LogP contribution in [0.2, 0.25) is 0 Å². The van der Waals surface area contributed by atoms with Crippen molar-refractivity contribution in [2.75, 3.05) is 0 Å². The van der Waals surface area contributed by atoms with E-state index >= 15 is 0 Å². The molecule has 0 aliphatic carbocycles. The molecule has 0 aliphatic heterocycles. The quantitative estimate of drug-likeness (QED) is 0.834. The molecule has 0 spiro atoms. The molecule has 108 valence electrons. The fraction of sp³-hybridized carbons (Fsp3) is 0.333. The fourth-order valence-corrected chi connectivity index (χ4v) is 1.51. The molecule has 0 saturated carbocycles. The van der Waals surface area contributed by atoms with Crippen molar-refractivity contribution in [3.8, 4) is 11.5 Å². The molecule has 3 nitrogen and oxygen atoms in total. The van der Waals surface area contributed by atoms with Crippen LogP contribution in [0.4, 0.5) is 13.2 Å². The van der Waals surface area contributed by atoms with E-state index in [-0.39, 0.29) is 23.7 Å². The third-order valence-corrected chi connectivity index (χ3v) is 2.20. The SMILES string of the molecule is C=C(C)C[C@H](N)c1cc(OC(F)(F)F)ccc1O.Cl. The summed E-state index contributed by atoms with van der Waals surface area (Å²) in [6, 6.07) is 2.60. The number of aromatic hydroxyl groups is 1. The first-order chi connectivity index (χ1) is 8.19. The fourth-order valence-electron chi connectivity index (χ4n) is 1.51. The van der Waals surface area contributed by atoms with Crippen LogP contribution in [0.1, 0.15) is 24.9 Å². The zero-order valence-electron chi connectivity index (χ0n) is 10.2. The van der Waals surface area contributed by atoms with Gasteiger partial charge in [0.15, 0.2) is 0 Å². The van der Waals surface area contributed by atoms with Crippen LogP contribution in [-0.2, 0) is 0 Å². The number of halogens is 4. The van der Waals surface area contributed by atoms with E-state index in [0.717, 1.165) is 23.8 Å². The molecule has 0 heterocycles. The molecule has 0 radical (unpaired) electrons. The molecule has 0 unspecified atom stereocenters. The monoisotopic (exact) mass is 297 g/mol. The van der Waals surface area contributed by atoms with Crippen molar-refractivity contribution in [1.82, 2.24) is 0 Å². The molecule has 0 bridgehead atoms. The number of hydrogen-bond donors (Lipinski definition) is 2. The third kappa shape index (κ3) is 5.85. The normalized spacial score (nSPS) is 12.5. The molecular formula is C12H15ClF3NO2. The van der Waals surface area contributed by atoms with Crippen LogP contribution in [0.25, 0.3) is 0 Å². The zero-order chi connectivity index (χ0) is 13.9. The largest absolute Gasteiger partial charge is 0.573 e.